The molecule has 1 aliphatic carbocycles. The topological polar surface area (TPSA) is 136 Å². The molecule has 9 heteroatoms. The number of phenolic OH excluding ortho intramolecular Hbond substituents is 1. The number of para-hydroxylation sites is 1. The molecule has 0 radical (unpaired) electrons. The smallest absolute Gasteiger partial charge is 0.352 e. The van der Waals surface area contributed by atoms with E-state index < -0.39 is 5.97 Å². The van der Waals surface area contributed by atoms with Crippen LogP contribution in [0, 0.1) is 6.92 Å². The average molecular weight is 457 g/mol. The van der Waals surface area contributed by atoms with E-state index in [2.05, 4.69) is 26.4 Å². The van der Waals surface area contributed by atoms with Crippen LogP contribution in [-0.2, 0) is 12.8 Å². The van der Waals surface area contributed by atoms with Gasteiger partial charge in [0.25, 0.3) is 5.56 Å². The second kappa shape index (κ2) is 8.51. The van der Waals surface area contributed by atoms with E-state index in [0.29, 0.717) is 16.8 Å². The third kappa shape index (κ3) is 3.81. The van der Waals surface area contributed by atoms with Crippen molar-refractivity contribution in [2.45, 2.75) is 32.6 Å². The van der Waals surface area contributed by atoms with Crippen LogP contribution in [0.2, 0.25) is 0 Å². The first-order valence-corrected chi connectivity index (χ1v) is 11.0. The number of benzene rings is 2. The first-order valence-electron chi connectivity index (χ1n) is 11.0. The molecule has 5 rings (SSSR count). The third-order valence-corrected chi connectivity index (χ3v) is 6.13. The number of aromatic amines is 2. The fourth-order valence-corrected chi connectivity index (χ4v) is 4.32. The third-order valence-electron chi connectivity index (χ3n) is 6.13. The molecule has 172 valence electrons. The molecule has 0 saturated heterocycles. The van der Waals surface area contributed by atoms with Crippen LogP contribution in [0.25, 0.3) is 16.8 Å². The van der Waals surface area contributed by atoms with Gasteiger partial charge in [0.15, 0.2) is 11.4 Å². The summed E-state index contributed by atoms with van der Waals surface area (Å²) in [6.45, 7) is 1.74. The molecule has 0 bridgehead atoms. The van der Waals surface area contributed by atoms with Crippen molar-refractivity contribution in [1.82, 2.24) is 14.8 Å². The SMILES string of the molecule is Cc1[nH]n(-c2ccc3c(c2)CCCC3)c(=O)c1N=Nc1cccc(-c2c[nH]c(C(=O)O)c2)c1O. The Morgan fingerprint density at radius 3 is 2.62 bits per heavy atom. The van der Waals surface area contributed by atoms with Crippen molar-refractivity contribution >= 4 is 17.3 Å². The van der Waals surface area contributed by atoms with Crippen molar-refractivity contribution in [2.75, 3.05) is 0 Å². The zero-order valence-electron chi connectivity index (χ0n) is 18.5. The quantitative estimate of drug-likeness (QED) is 0.307. The van der Waals surface area contributed by atoms with Gasteiger partial charge in [-0.25, -0.2) is 9.48 Å². The minimum Gasteiger partial charge on any atom is -0.505 e. The zero-order valence-corrected chi connectivity index (χ0v) is 18.5. The zero-order chi connectivity index (χ0) is 23.8. The van der Waals surface area contributed by atoms with Crippen LogP contribution < -0.4 is 5.56 Å². The Bertz CT molecular complexity index is 1490. The standard InChI is InChI=1S/C25H23N5O4/c1-14-22(24(32)30(29-14)18-10-9-15-5-2-3-6-16(15)11-18)28-27-20-8-4-7-19(23(20)31)17-12-21(25(33)34)26-13-17/h4,7-13,26,29,31H,2-3,5-6H2,1H3,(H,33,34). The lowest BCUT2D eigenvalue weighted by Gasteiger charge is -2.16. The first kappa shape index (κ1) is 21.4. The van der Waals surface area contributed by atoms with Crippen molar-refractivity contribution in [1.29, 1.82) is 0 Å². The number of hydrogen-bond acceptors (Lipinski definition) is 5. The number of nitrogens with one attached hydrogen (secondary N) is 2. The number of carboxylic acids is 1. The van der Waals surface area contributed by atoms with E-state index in [4.69, 9.17) is 5.11 Å². The number of nitrogens with zero attached hydrogens (tertiary/aromatic N) is 3. The second-order valence-corrected chi connectivity index (χ2v) is 8.37. The predicted molar refractivity (Wildman–Crippen MR) is 127 cm³/mol. The number of azo groups is 1. The Morgan fingerprint density at radius 1 is 1.06 bits per heavy atom. The number of phenols is 1. The van der Waals surface area contributed by atoms with Crippen LogP contribution in [0.3, 0.4) is 0 Å². The van der Waals surface area contributed by atoms with Gasteiger partial charge < -0.3 is 15.2 Å². The molecule has 0 atom stereocenters. The van der Waals surface area contributed by atoms with Gasteiger partial charge in [-0.1, -0.05) is 18.2 Å². The maximum Gasteiger partial charge on any atom is 0.352 e. The lowest BCUT2D eigenvalue weighted by Crippen LogP contribution is -2.15. The Hall–Kier alpha value is -4.40. The van der Waals surface area contributed by atoms with E-state index in [0.717, 1.165) is 24.9 Å². The summed E-state index contributed by atoms with van der Waals surface area (Å²) in [5, 5.41) is 31.1. The number of rotatable bonds is 5. The van der Waals surface area contributed by atoms with Crippen molar-refractivity contribution in [3.8, 4) is 22.6 Å². The van der Waals surface area contributed by atoms with Crippen LogP contribution >= 0.6 is 0 Å². The summed E-state index contributed by atoms with van der Waals surface area (Å²) in [4.78, 5) is 26.9. The van der Waals surface area contributed by atoms with Crippen molar-refractivity contribution in [3.05, 3.63) is 81.5 Å². The van der Waals surface area contributed by atoms with Gasteiger partial charge >= 0.3 is 5.97 Å². The van der Waals surface area contributed by atoms with Gasteiger partial charge in [-0.05, 0) is 68.0 Å². The van der Waals surface area contributed by atoms with Gasteiger partial charge in [0.05, 0.1) is 11.4 Å². The lowest BCUT2D eigenvalue weighted by atomic mass is 9.91. The number of aromatic carboxylic acids is 1. The van der Waals surface area contributed by atoms with E-state index in [-0.39, 0.29) is 28.4 Å². The number of aromatic nitrogens is 3. The van der Waals surface area contributed by atoms with E-state index in [1.54, 1.807) is 25.1 Å². The summed E-state index contributed by atoms with van der Waals surface area (Å²) in [7, 11) is 0. The number of carboxylic acid groups (broad SMARTS) is 1. The maximum atomic E-state index is 13.1. The molecule has 0 unspecified atom stereocenters. The van der Waals surface area contributed by atoms with Crippen molar-refractivity contribution in [2.24, 2.45) is 10.2 Å². The largest absolute Gasteiger partial charge is 0.505 e. The van der Waals surface area contributed by atoms with Crippen molar-refractivity contribution in [3.63, 3.8) is 0 Å². The molecule has 1 aliphatic rings. The van der Waals surface area contributed by atoms with E-state index in [9.17, 15) is 14.7 Å². The average Bonchev–Trinajstić information content (AvgIpc) is 3.43. The van der Waals surface area contributed by atoms with Gasteiger partial charge in [0.2, 0.25) is 0 Å². The minimum atomic E-state index is -1.10. The molecule has 2 aromatic carbocycles. The molecule has 0 spiro atoms. The normalized spacial score (nSPS) is 13.3. The molecule has 0 saturated carbocycles. The van der Waals surface area contributed by atoms with Crippen LogP contribution in [-0.4, -0.2) is 30.9 Å². The van der Waals surface area contributed by atoms with Gasteiger partial charge in [-0.15, -0.1) is 10.2 Å². The van der Waals surface area contributed by atoms with Crippen LogP contribution in [0.5, 0.6) is 5.75 Å². The highest BCUT2D eigenvalue weighted by Gasteiger charge is 2.16. The Kier molecular flexibility index (Phi) is 5.37. The highest BCUT2D eigenvalue weighted by atomic mass is 16.4. The minimum absolute atomic E-state index is 0.00658. The Balaban J connectivity index is 1.47. The molecule has 34 heavy (non-hydrogen) atoms. The fourth-order valence-electron chi connectivity index (χ4n) is 4.32. The second-order valence-electron chi connectivity index (χ2n) is 8.37. The van der Waals surface area contributed by atoms with Gasteiger partial charge in [-0.2, -0.15) is 0 Å². The molecule has 4 aromatic rings. The number of aryl methyl sites for hydroxylation is 3. The molecular formula is C25H23N5O4. The summed E-state index contributed by atoms with van der Waals surface area (Å²) < 4.78 is 1.46. The van der Waals surface area contributed by atoms with Gasteiger partial charge in [-0.3, -0.25) is 9.89 Å². The van der Waals surface area contributed by atoms with E-state index in [1.165, 1.54) is 34.5 Å². The summed E-state index contributed by atoms with van der Waals surface area (Å²) in [5.74, 6) is -1.26. The van der Waals surface area contributed by atoms with Gasteiger partial charge in [0, 0.05) is 17.3 Å². The highest BCUT2D eigenvalue weighted by Crippen LogP contribution is 2.38. The summed E-state index contributed by atoms with van der Waals surface area (Å²) >= 11 is 0. The Morgan fingerprint density at radius 2 is 1.85 bits per heavy atom. The number of H-pyrrole nitrogens is 2. The highest BCUT2D eigenvalue weighted by molar-refractivity contribution is 5.88. The molecule has 9 nitrogen and oxygen atoms in total. The predicted octanol–water partition coefficient (Wildman–Crippen LogP) is 5.17. The van der Waals surface area contributed by atoms with E-state index in [1.807, 2.05) is 12.1 Å². The maximum absolute atomic E-state index is 13.1. The molecule has 0 amide bonds. The molecule has 0 fully saturated rings. The monoisotopic (exact) mass is 457 g/mol. The number of aromatic hydroxyl groups is 1. The molecule has 4 N–H and O–H groups in total. The van der Waals surface area contributed by atoms with Crippen molar-refractivity contribution < 1.29 is 15.0 Å². The molecule has 2 heterocycles. The fraction of sp³-hybridized carbons (Fsp3) is 0.200. The summed E-state index contributed by atoms with van der Waals surface area (Å²) in [5.41, 5.74) is 4.80. The molecule has 2 aromatic heterocycles. The Labute approximate surface area is 194 Å². The molecular weight excluding hydrogens is 434 g/mol. The number of hydrogen-bond donors (Lipinski definition) is 4. The number of fused-ring (bicyclic) bond motifs is 1. The first-order chi connectivity index (χ1) is 16.4. The summed E-state index contributed by atoms with van der Waals surface area (Å²) in [6, 6.07) is 12.4. The van der Waals surface area contributed by atoms with Crippen LogP contribution in [0.15, 0.2) is 63.7 Å². The molecule has 0 aliphatic heterocycles. The number of carbonyl (C=O) groups is 1. The van der Waals surface area contributed by atoms with E-state index >= 15 is 0 Å². The van der Waals surface area contributed by atoms with Gasteiger partial charge in [0.1, 0.15) is 11.4 Å². The van der Waals surface area contributed by atoms with Crippen LogP contribution in [0.4, 0.5) is 11.4 Å². The summed E-state index contributed by atoms with van der Waals surface area (Å²) in [6.07, 6.45) is 5.91. The lowest BCUT2D eigenvalue weighted by molar-refractivity contribution is 0.0691. The van der Waals surface area contributed by atoms with Crippen LogP contribution in [0.1, 0.15) is 40.2 Å².